The molecule has 0 N–H and O–H groups in total. The van der Waals surface area contributed by atoms with Gasteiger partial charge >= 0.3 is 0 Å². The van der Waals surface area contributed by atoms with Gasteiger partial charge in [-0.2, -0.15) is 0 Å². The molecule has 15 heavy (non-hydrogen) atoms. The first-order valence-electron chi connectivity index (χ1n) is 4.88. The topological polar surface area (TPSA) is 63.7 Å². The van der Waals surface area contributed by atoms with Gasteiger partial charge in [0.25, 0.3) is 0 Å². The molecule has 1 aliphatic rings. The van der Waals surface area contributed by atoms with E-state index in [2.05, 4.69) is 4.74 Å². The van der Waals surface area contributed by atoms with Crippen molar-refractivity contribution in [2.24, 2.45) is 5.92 Å². The van der Waals surface area contributed by atoms with Crippen molar-refractivity contribution in [2.45, 2.75) is 19.8 Å². The Bertz CT molecular complexity index is 269. The van der Waals surface area contributed by atoms with Crippen molar-refractivity contribution in [3.63, 3.8) is 0 Å². The molecular weight excluding hydrogens is 198 g/mol. The van der Waals surface area contributed by atoms with E-state index in [1.165, 1.54) is 7.11 Å². The van der Waals surface area contributed by atoms with Gasteiger partial charge in [-0.1, -0.05) is 6.92 Å². The van der Waals surface area contributed by atoms with Gasteiger partial charge in [-0.05, 0) is 5.92 Å². The number of methoxy groups -OCH3 is 1. The molecule has 0 bridgehead atoms. The summed E-state index contributed by atoms with van der Waals surface area (Å²) >= 11 is 0. The maximum absolute atomic E-state index is 11.5. The van der Waals surface area contributed by atoms with Gasteiger partial charge < -0.3 is 4.74 Å². The second-order valence-corrected chi connectivity index (χ2v) is 3.86. The molecule has 1 fully saturated rings. The number of hydrogen-bond acceptors (Lipinski definition) is 4. The van der Waals surface area contributed by atoms with Gasteiger partial charge in [-0.3, -0.25) is 19.3 Å². The lowest BCUT2D eigenvalue weighted by atomic mass is 9.98. The van der Waals surface area contributed by atoms with E-state index in [4.69, 9.17) is 0 Å². The Morgan fingerprint density at radius 3 is 2.40 bits per heavy atom. The third kappa shape index (κ3) is 3.13. The fraction of sp³-hybridized carbons (Fsp3) is 0.700. The highest BCUT2D eigenvalue weighted by atomic mass is 16.5. The monoisotopic (exact) mass is 213 g/mol. The summed E-state index contributed by atoms with van der Waals surface area (Å²) in [6, 6.07) is 0. The van der Waals surface area contributed by atoms with Crippen molar-refractivity contribution < 1.29 is 19.1 Å². The average molecular weight is 213 g/mol. The minimum atomic E-state index is -0.261. The quantitative estimate of drug-likeness (QED) is 0.616. The van der Waals surface area contributed by atoms with Crippen LogP contribution in [0.25, 0.3) is 0 Å². The van der Waals surface area contributed by atoms with Crippen LogP contribution in [0.2, 0.25) is 0 Å². The van der Waals surface area contributed by atoms with Crippen molar-refractivity contribution >= 4 is 17.6 Å². The minimum absolute atomic E-state index is 0.0629. The molecule has 1 aliphatic heterocycles. The summed E-state index contributed by atoms with van der Waals surface area (Å²) in [7, 11) is 1.40. The fourth-order valence-corrected chi connectivity index (χ4v) is 1.59. The lowest BCUT2D eigenvalue weighted by molar-refractivity contribution is -0.152. The zero-order valence-corrected chi connectivity index (χ0v) is 8.99. The smallest absolute Gasteiger partial charge is 0.229 e. The maximum Gasteiger partial charge on any atom is 0.229 e. The first-order valence-corrected chi connectivity index (χ1v) is 4.88. The number of ether oxygens (including phenoxy) is 1. The second kappa shape index (κ2) is 5.02. The third-order valence-electron chi connectivity index (χ3n) is 2.29. The van der Waals surface area contributed by atoms with Gasteiger partial charge in [-0.15, -0.1) is 0 Å². The molecular formula is C10H15NO4. The molecule has 1 rings (SSSR count). The number of nitrogens with zero attached hydrogens (tertiary/aromatic N) is 1. The molecule has 2 amide bonds. The highest BCUT2D eigenvalue weighted by molar-refractivity contribution is 6.01. The summed E-state index contributed by atoms with van der Waals surface area (Å²) in [6.07, 6.45) is 0.679. The molecule has 5 heteroatoms. The zero-order valence-electron chi connectivity index (χ0n) is 8.99. The van der Waals surface area contributed by atoms with Gasteiger partial charge in [0.1, 0.15) is 6.61 Å². The van der Waals surface area contributed by atoms with Crippen LogP contribution in [0.3, 0.4) is 0 Å². The lowest BCUT2D eigenvalue weighted by Gasteiger charge is -2.27. The Labute approximate surface area is 88.4 Å². The zero-order chi connectivity index (χ0) is 11.4. The van der Waals surface area contributed by atoms with Crippen LogP contribution in [-0.4, -0.2) is 42.8 Å². The number of imide groups is 1. The number of likely N-dealkylation sites (tertiary alicyclic amines) is 1. The molecule has 0 atom stereocenters. The van der Waals surface area contributed by atoms with Crippen LogP contribution in [0, 0.1) is 5.92 Å². The highest BCUT2D eigenvalue weighted by Gasteiger charge is 2.31. The normalized spacial score (nSPS) is 18.4. The highest BCUT2D eigenvalue weighted by Crippen LogP contribution is 2.18. The second-order valence-electron chi connectivity index (χ2n) is 3.86. The van der Waals surface area contributed by atoms with Crippen LogP contribution in [0.1, 0.15) is 19.8 Å². The van der Waals surface area contributed by atoms with Gasteiger partial charge in [0.05, 0.1) is 6.54 Å². The van der Waals surface area contributed by atoms with E-state index < -0.39 is 0 Å². The lowest BCUT2D eigenvalue weighted by Crippen LogP contribution is -2.45. The van der Waals surface area contributed by atoms with E-state index in [-0.39, 0.29) is 36.7 Å². The Kier molecular flexibility index (Phi) is 3.96. The molecule has 0 aromatic rings. The molecule has 0 aromatic heterocycles. The predicted molar refractivity (Wildman–Crippen MR) is 52.0 cm³/mol. The summed E-state index contributed by atoms with van der Waals surface area (Å²) in [6.45, 7) is 1.63. The summed E-state index contributed by atoms with van der Waals surface area (Å²) in [5.74, 6) is -0.695. The van der Waals surface area contributed by atoms with Crippen LogP contribution in [0.5, 0.6) is 0 Å². The molecule has 0 aromatic carbocycles. The summed E-state index contributed by atoms with van der Waals surface area (Å²) < 4.78 is 4.64. The van der Waals surface area contributed by atoms with Crippen molar-refractivity contribution in [3.8, 4) is 0 Å². The van der Waals surface area contributed by atoms with E-state index in [0.717, 1.165) is 4.90 Å². The van der Waals surface area contributed by atoms with E-state index in [0.29, 0.717) is 12.8 Å². The molecule has 0 spiro atoms. The summed E-state index contributed by atoms with van der Waals surface area (Å²) in [4.78, 5) is 35.2. The van der Waals surface area contributed by atoms with Crippen LogP contribution < -0.4 is 0 Å². The standard InChI is InChI=1S/C10H15NO4/c1-7-3-9(13)11(10(14)4-7)5-8(12)6-15-2/h7H,3-6H2,1-2H3. The number of Topliss-reactive ketones (excluding diaryl/α,β-unsaturated/α-hetero) is 1. The van der Waals surface area contributed by atoms with E-state index in [1.54, 1.807) is 0 Å². The third-order valence-corrected chi connectivity index (χ3v) is 2.29. The van der Waals surface area contributed by atoms with E-state index in [1.807, 2.05) is 6.92 Å². The Morgan fingerprint density at radius 2 is 1.93 bits per heavy atom. The molecule has 1 saturated heterocycles. The van der Waals surface area contributed by atoms with Crippen LogP contribution in [0.4, 0.5) is 0 Å². The molecule has 0 saturated carbocycles. The summed E-state index contributed by atoms with van der Waals surface area (Å²) in [5, 5.41) is 0. The number of carbonyl (C=O) groups excluding carboxylic acids is 3. The number of carbonyl (C=O) groups is 3. The SMILES string of the molecule is COCC(=O)CN1C(=O)CC(C)CC1=O. The fourth-order valence-electron chi connectivity index (χ4n) is 1.59. The number of ketones is 1. The number of piperidine rings is 1. The first kappa shape index (κ1) is 11.8. The van der Waals surface area contributed by atoms with Crippen molar-refractivity contribution in [3.05, 3.63) is 0 Å². The van der Waals surface area contributed by atoms with Crippen molar-refractivity contribution in [1.82, 2.24) is 4.90 Å². The van der Waals surface area contributed by atoms with Gasteiger partial charge in [0.15, 0.2) is 5.78 Å². The molecule has 84 valence electrons. The molecule has 0 unspecified atom stereocenters. The Balaban J connectivity index is 2.57. The van der Waals surface area contributed by atoms with Crippen molar-refractivity contribution in [1.29, 1.82) is 0 Å². The molecule has 5 nitrogen and oxygen atoms in total. The average Bonchev–Trinajstić information content (AvgIpc) is 2.11. The Morgan fingerprint density at radius 1 is 1.40 bits per heavy atom. The van der Waals surface area contributed by atoms with E-state index >= 15 is 0 Å². The minimum Gasteiger partial charge on any atom is -0.377 e. The summed E-state index contributed by atoms with van der Waals surface area (Å²) in [5.41, 5.74) is 0. The maximum atomic E-state index is 11.5. The number of hydrogen-bond donors (Lipinski definition) is 0. The number of amides is 2. The van der Waals surface area contributed by atoms with Crippen molar-refractivity contribution in [2.75, 3.05) is 20.3 Å². The first-order chi connectivity index (χ1) is 7.04. The predicted octanol–water partition coefficient (Wildman–Crippen LogP) is -0.0130. The van der Waals surface area contributed by atoms with Gasteiger partial charge in [0.2, 0.25) is 11.8 Å². The Hall–Kier alpha value is -1.23. The largest absolute Gasteiger partial charge is 0.377 e. The molecule has 0 aliphatic carbocycles. The van der Waals surface area contributed by atoms with Gasteiger partial charge in [-0.25, -0.2) is 0 Å². The molecule has 0 radical (unpaired) electrons. The van der Waals surface area contributed by atoms with Crippen LogP contribution >= 0.6 is 0 Å². The van der Waals surface area contributed by atoms with Crippen LogP contribution in [-0.2, 0) is 19.1 Å². The van der Waals surface area contributed by atoms with E-state index in [9.17, 15) is 14.4 Å². The van der Waals surface area contributed by atoms with Crippen LogP contribution in [0.15, 0.2) is 0 Å². The number of rotatable bonds is 4. The molecule has 1 heterocycles. The van der Waals surface area contributed by atoms with Gasteiger partial charge in [0, 0.05) is 20.0 Å².